The van der Waals surface area contributed by atoms with Gasteiger partial charge in [0.2, 0.25) is 0 Å². The zero-order valence-corrected chi connectivity index (χ0v) is 17.8. The number of imide groups is 1. The summed E-state index contributed by atoms with van der Waals surface area (Å²) in [5.74, 6) is -0.542. The molecule has 30 heavy (non-hydrogen) atoms. The van der Waals surface area contributed by atoms with Crippen LogP contribution < -0.4 is 5.32 Å². The van der Waals surface area contributed by atoms with Crippen molar-refractivity contribution in [3.8, 4) is 0 Å². The largest absolute Gasteiger partial charge is 0.381 e. The fourth-order valence-corrected chi connectivity index (χ4v) is 3.41. The first-order valence-corrected chi connectivity index (χ1v) is 10.7. The number of nitrogens with one attached hydrogen (secondary N) is 1. The Labute approximate surface area is 178 Å². The molecule has 158 valence electrons. The first-order valence-electron chi connectivity index (χ1n) is 10.7. The van der Waals surface area contributed by atoms with Gasteiger partial charge in [-0.2, -0.15) is 0 Å². The average Bonchev–Trinajstić information content (AvgIpc) is 3.01. The van der Waals surface area contributed by atoms with E-state index in [0.717, 1.165) is 30.5 Å². The van der Waals surface area contributed by atoms with Gasteiger partial charge in [-0.15, -0.1) is 0 Å². The van der Waals surface area contributed by atoms with Crippen LogP contribution in [0.1, 0.15) is 44.2 Å². The smallest absolute Gasteiger partial charge is 0.278 e. The maximum absolute atomic E-state index is 13.2. The van der Waals surface area contributed by atoms with E-state index in [0.29, 0.717) is 37.4 Å². The van der Waals surface area contributed by atoms with Gasteiger partial charge in [-0.1, -0.05) is 62.7 Å². The van der Waals surface area contributed by atoms with Gasteiger partial charge < -0.3 is 10.1 Å². The van der Waals surface area contributed by atoms with E-state index in [2.05, 4.69) is 19.2 Å². The van der Waals surface area contributed by atoms with Crippen LogP contribution in [0.15, 0.2) is 60.3 Å². The molecule has 0 fully saturated rings. The minimum atomic E-state index is -0.285. The molecule has 0 radical (unpaired) electrons. The predicted molar refractivity (Wildman–Crippen MR) is 120 cm³/mol. The Hall–Kier alpha value is -2.92. The summed E-state index contributed by atoms with van der Waals surface area (Å²) in [7, 11) is 0. The molecule has 0 aromatic heterocycles. The number of ether oxygens (including phenoxy) is 1. The van der Waals surface area contributed by atoms with E-state index in [1.54, 1.807) is 0 Å². The molecule has 0 saturated heterocycles. The van der Waals surface area contributed by atoms with Crippen molar-refractivity contribution in [2.24, 2.45) is 0 Å². The van der Waals surface area contributed by atoms with Crippen LogP contribution in [-0.4, -0.2) is 36.5 Å². The first-order chi connectivity index (χ1) is 14.7. The molecule has 2 amide bonds. The van der Waals surface area contributed by atoms with Crippen molar-refractivity contribution in [3.05, 3.63) is 71.4 Å². The van der Waals surface area contributed by atoms with Crippen molar-refractivity contribution in [2.45, 2.75) is 39.5 Å². The summed E-state index contributed by atoms with van der Waals surface area (Å²) >= 11 is 0. The van der Waals surface area contributed by atoms with Crippen LogP contribution in [0.5, 0.6) is 0 Å². The Morgan fingerprint density at radius 3 is 2.23 bits per heavy atom. The van der Waals surface area contributed by atoms with Crippen molar-refractivity contribution in [1.29, 1.82) is 0 Å². The van der Waals surface area contributed by atoms with Gasteiger partial charge in [0.25, 0.3) is 11.8 Å². The van der Waals surface area contributed by atoms with Crippen LogP contribution in [0.3, 0.4) is 0 Å². The third-order valence-corrected chi connectivity index (χ3v) is 5.17. The monoisotopic (exact) mass is 406 g/mol. The Morgan fingerprint density at radius 1 is 0.867 bits per heavy atom. The molecule has 2 aromatic carbocycles. The van der Waals surface area contributed by atoms with Crippen LogP contribution in [0.25, 0.3) is 5.57 Å². The second-order valence-corrected chi connectivity index (χ2v) is 7.37. The zero-order chi connectivity index (χ0) is 21.3. The quantitative estimate of drug-likeness (QED) is 0.436. The zero-order valence-electron chi connectivity index (χ0n) is 17.8. The van der Waals surface area contributed by atoms with E-state index < -0.39 is 0 Å². The molecule has 3 rings (SSSR count). The molecule has 0 saturated carbocycles. The molecular weight excluding hydrogens is 376 g/mol. The topological polar surface area (TPSA) is 58.6 Å². The Morgan fingerprint density at radius 2 is 1.57 bits per heavy atom. The van der Waals surface area contributed by atoms with Crippen molar-refractivity contribution in [2.75, 3.05) is 25.1 Å². The summed E-state index contributed by atoms with van der Waals surface area (Å²) in [4.78, 5) is 27.6. The minimum Gasteiger partial charge on any atom is -0.381 e. The number of anilines is 1. The van der Waals surface area contributed by atoms with Crippen molar-refractivity contribution >= 4 is 23.1 Å². The number of nitrogens with zero attached hydrogens (tertiary/aromatic N) is 1. The number of aryl methyl sites for hydroxylation is 1. The highest BCUT2D eigenvalue weighted by Crippen LogP contribution is 2.30. The summed E-state index contributed by atoms with van der Waals surface area (Å²) in [5.41, 5.74) is 3.51. The molecule has 0 atom stereocenters. The third-order valence-electron chi connectivity index (χ3n) is 5.17. The molecule has 0 unspecified atom stereocenters. The lowest BCUT2D eigenvalue weighted by Crippen LogP contribution is -2.34. The summed E-state index contributed by atoms with van der Waals surface area (Å²) < 4.78 is 5.58. The number of hydrogen-bond donors (Lipinski definition) is 1. The first kappa shape index (κ1) is 21.8. The standard InChI is InChI=1S/C25H30N2O3/c1-3-5-17-30-18-9-16-27-24(28)22(20-10-7-6-8-11-20)23(25(27)29)26-21-14-12-19(4-2)13-15-21/h6-8,10-15,26H,3-5,9,16-18H2,1-2H3. The maximum Gasteiger partial charge on any atom is 0.278 e. The van der Waals surface area contributed by atoms with Crippen LogP contribution in [-0.2, 0) is 20.7 Å². The fraction of sp³-hybridized carbons (Fsp3) is 0.360. The van der Waals surface area contributed by atoms with Gasteiger partial charge >= 0.3 is 0 Å². The highest BCUT2D eigenvalue weighted by atomic mass is 16.5. The van der Waals surface area contributed by atoms with Crippen molar-refractivity contribution < 1.29 is 14.3 Å². The third kappa shape index (κ3) is 5.16. The molecular formula is C25H30N2O3. The number of carbonyl (C=O) groups excluding carboxylic acids is 2. The summed E-state index contributed by atoms with van der Waals surface area (Å²) in [6.07, 6.45) is 3.68. The summed E-state index contributed by atoms with van der Waals surface area (Å²) in [6.45, 7) is 5.82. The van der Waals surface area contributed by atoms with Gasteiger partial charge in [-0.25, -0.2) is 0 Å². The second kappa shape index (κ2) is 10.7. The Kier molecular flexibility index (Phi) is 7.80. The molecule has 1 N–H and O–H groups in total. The van der Waals surface area contributed by atoms with E-state index in [9.17, 15) is 9.59 Å². The van der Waals surface area contributed by atoms with Crippen molar-refractivity contribution in [1.82, 2.24) is 4.90 Å². The van der Waals surface area contributed by atoms with Crippen LogP contribution in [0, 0.1) is 0 Å². The summed E-state index contributed by atoms with van der Waals surface area (Å²) in [6, 6.07) is 17.3. The Bertz CT molecular complexity index is 888. The summed E-state index contributed by atoms with van der Waals surface area (Å²) in [5, 5.41) is 3.21. The molecule has 0 spiro atoms. The number of carbonyl (C=O) groups is 2. The minimum absolute atomic E-state index is 0.257. The number of amides is 2. The van der Waals surface area contributed by atoms with Crippen LogP contribution in [0.2, 0.25) is 0 Å². The predicted octanol–water partition coefficient (Wildman–Crippen LogP) is 4.65. The normalized spacial score (nSPS) is 14.0. The molecule has 1 aliphatic rings. The van der Waals surface area contributed by atoms with E-state index in [1.165, 1.54) is 10.5 Å². The molecule has 2 aromatic rings. The molecule has 5 heteroatoms. The molecule has 0 bridgehead atoms. The van der Waals surface area contributed by atoms with E-state index >= 15 is 0 Å². The van der Waals surface area contributed by atoms with Gasteiger partial charge in [0.05, 0.1) is 5.57 Å². The number of benzene rings is 2. The van der Waals surface area contributed by atoms with E-state index in [1.807, 2.05) is 54.6 Å². The molecule has 1 heterocycles. The van der Waals surface area contributed by atoms with Gasteiger partial charge in [-0.05, 0) is 42.5 Å². The molecule has 5 nitrogen and oxygen atoms in total. The SMILES string of the molecule is CCCCOCCCN1C(=O)C(Nc2ccc(CC)cc2)=C(c2ccccc2)C1=O. The number of hydrogen-bond acceptors (Lipinski definition) is 4. The van der Waals surface area contributed by atoms with E-state index in [-0.39, 0.29) is 11.8 Å². The fourth-order valence-electron chi connectivity index (χ4n) is 3.41. The average molecular weight is 407 g/mol. The lowest BCUT2D eigenvalue weighted by Gasteiger charge is -2.15. The van der Waals surface area contributed by atoms with Crippen LogP contribution in [0.4, 0.5) is 5.69 Å². The number of unbranched alkanes of at least 4 members (excludes halogenated alkanes) is 1. The van der Waals surface area contributed by atoms with E-state index in [4.69, 9.17) is 4.74 Å². The molecule has 0 aliphatic carbocycles. The van der Waals surface area contributed by atoms with Gasteiger partial charge in [0, 0.05) is 25.4 Å². The lowest BCUT2D eigenvalue weighted by atomic mass is 10.0. The van der Waals surface area contributed by atoms with Gasteiger partial charge in [0.1, 0.15) is 5.70 Å². The van der Waals surface area contributed by atoms with Crippen molar-refractivity contribution in [3.63, 3.8) is 0 Å². The Balaban J connectivity index is 1.78. The van der Waals surface area contributed by atoms with Gasteiger partial charge in [-0.3, -0.25) is 14.5 Å². The second-order valence-electron chi connectivity index (χ2n) is 7.37. The molecule has 1 aliphatic heterocycles. The van der Waals surface area contributed by atoms with Gasteiger partial charge in [0.15, 0.2) is 0 Å². The lowest BCUT2D eigenvalue weighted by molar-refractivity contribution is -0.137. The highest BCUT2D eigenvalue weighted by molar-refractivity contribution is 6.36. The number of rotatable bonds is 11. The maximum atomic E-state index is 13.2. The van der Waals surface area contributed by atoms with Crippen LogP contribution >= 0.6 is 0 Å². The highest BCUT2D eigenvalue weighted by Gasteiger charge is 2.38.